The zero-order valence-corrected chi connectivity index (χ0v) is 23.7. The second kappa shape index (κ2) is 11.9. The highest BCUT2D eigenvalue weighted by molar-refractivity contribution is 8.14. The summed E-state index contributed by atoms with van der Waals surface area (Å²) in [6.45, 7) is 3.12. The summed E-state index contributed by atoms with van der Waals surface area (Å²) in [4.78, 5) is 6.88. The Bertz CT molecular complexity index is 1780. The van der Waals surface area contributed by atoms with E-state index in [1.54, 1.807) is 36.4 Å². The van der Waals surface area contributed by atoms with Gasteiger partial charge in [-0.05, 0) is 71.8 Å². The number of amidine groups is 1. The number of anilines is 1. The molecule has 0 aliphatic carbocycles. The van der Waals surface area contributed by atoms with Gasteiger partial charge in [-0.1, -0.05) is 61.5 Å². The van der Waals surface area contributed by atoms with Crippen LogP contribution in [0.3, 0.4) is 0 Å². The number of hydrogen-bond acceptors (Lipinski definition) is 5. The van der Waals surface area contributed by atoms with Gasteiger partial charge < -0.3 is 9.64 Å². The summed E-state index contributed by atoms with van der Waals surface area (Å²) in [7, 11) is 0. The van der Waals surface area contributed by atoms with E-state index in [1.807, 2.05) is 34.9 Å². The smallest absolute Gasteiger partial charge is 0.406 e. The molecule has 0 unspecified atom stereocenters. The highest BCUT2D eigenvalue weighted by Crippen LogP contribution is 2.30. The number of thioether (sulfide) groups is 1. The van der Waals surface area contributed by atoms with Crippen molar-refractivity contribution >= 4 is 50.6 Å². The molecule has 1 aliphatic heterocycles. The number of para-hydroxylation sites is 1. The van der Waals surface area contributed by atoms with Crippen LogP contribution in [0, 0.1) is 0 Å². The topological polar surface area (TPSA) is 55.0 Å². The first-order chi connectivity index (χ1) is 20.4. The van der Waals surface area contributed by atoms with Gasteiger partial charge in [0.25, 0.3) is 0 Å². The molecule has 0 N–H and O–H groups in total. The highest BCUT2D eigenvalue weighted by Gasteiger charge is 2.31. The van der Waals surface area contributed by atoms with Gasteiger partial charge in [-0.2, -0.15) is 5.10 Å². The van der Waals surface area contributed by atoms with Gasteiger partial charge in [-0.3, -0.25) is 4.57 Å². The van der Waals surface area contributed by atoms with Crippen LogP contribution < -0.4 is 9.64 Å². The number of benzene rings is 4. The highest BCUT2D eigenvalue weighted by atomic mass is 32.2. The van der Waals surface area contributed by atoms with Crippen molar-refractivity contribution in [3.05, 3.63) is 96.3 Å². The minimum Gasteiger partial charge on any atom is -0.406 e. The summed E-state index contributed by atoms with van der Waals surface area (Å²) in [6.07, 6.45) is 1.92. The number of alkyl halides is 3. The van der Waals surface area contributed by atoms with Gasteiger partial charge in [-0.15, -0.1) is 18.3 Å². The molecule has 1 aromatic heterocycles. The molecule has 10 heteroatoms. The van der Waals surface area contributed by atoms with Crippen molar-refractivity contribution in [2.45, 2.75) is 32.5 Å². The maximum atomic E-state index is 12.5. The van der Waals surface area contributed by atoms with Gasteiger partial charge in [0, 0.05) is 29.1 Å². The Hall–Kier alpha value is -4.31. The second-order valence-electron chi connectivity index (χ2n) is 9.93. The van der Waals surface area contributed by atoms with Crippen molar-refractivity contribution in [2.75, 3.05) is 17.2 Å². The monoisotopic (exact) mass is 587 g/mol. The van der Waals surface area contributed by atoms with Crippen LogP contribution in [0.4, 0.5) is 18.9 Å². The van der Waals surface area contributed by atoms with E-state index in [0.29, 0.717) is 5.69 Å². The molecule has 0 bridgehead atoms. The van der Waals surface area contributed by atoms with Gasteiger partial charge in [0.15, 0.2) is 5.17 Å². The molecule has 1 saturated heterocycles. The van der Waals surface area contributed by atoms with Crippen LogP contribution in [-0.2, 0) is 6.42 Å². The molecule has 2 heterocycles. The maximum absolute atomic E-state index is 12.5. The van der Waals surface area contributed by atoms with E-state index in [2.05, 4.69) is 56.0 Å². The first kappa shape index (κ1) is 27.8. The number of fused-ring (bicyclic) bond motifs is 3. The molecule has 42 heavy (non-hydrogen) atoms. The molecular formula is C32H28F3N5OS. The molecule has 0 amide bonds. The fourth-order valence-corrected chi connectivity index (χ4v) is 6.09. The van der Waals surface area contributed by atoms with Gasteiger partial charge in [-0.25, -0.2) is 4.98 Å². The fraction of sp³-hybridized carbons (Fsp3) is 0.219. The minimum absolute atomic E-state index is 0.267. The van der Waals surface area contributed by atoms with Crippen LogP contribution in [0.15, 0.2) is 95.4 Å². The second-order valence-corrected chi connectivity index (χ2v) is 11.0. The third kappa shape index (κ3) is 5.99. The van der Waals surface area contributed by atoms with Crippen molar-refractivity contribution in [2.24, 2.45) is 10.2 Å². The van der Waals surface area contributed by atoms with E-state index in [1.165, 1.54) is 23.4 Å². The van der Waals surface area contributed by atoms with Crippen LogP contribution in [0.5, 0.6) is 5.75 Å². The third-order valence-electron chi connectivity index (χ3n) is 7.04. The summed E-state index contributed by atoms with van der Waals surface area (Å²) in [5.74, 6) is 0.752. The van der Waals surface area contributed by atoms with Gasteiger partial charge in [0.2, 0.25) is 0 Å². The quantitative estimate of drug-likeness (QED) is 0.142. The molecule has 4 aromatic carbocycles. The van der Waals surface area contributed by atoms with Crippen LogP contribution in [0.25, 0.3) is 27.5 Å². The molecular weight excluding hydrogens is 559 g/mol. The molecule has 0 spiro atoms. The summed E-state index contributed by atoms with van der Waals surface area (Å²) in [5.41, 5.74) is 5.78. The molecule has 1 fully saturated rings. The van der Waals surface area contributed by atoms with Gasteiger partial charge in [0.1, 0.15) is 12.1 Å². The normalized spacial score (nSPS) is 15.3. The average Bonchev–Trinajstić information content (AvgIpc) is 3.42. The Morgan fingerprint density at radius 3 is 2.67 bits per heavy atom. The number of aryl methyl sites for hydroxylation is 1. The molecule has 0 radical (unpaired) electrons. The summed E-state index contributed by atoms with van der Waals surface area (Å²) < 4.78 is 43.4. The standard InChI is InChI=1S/C32H28F3N5OS/c1-2-6-23-7-3-4-8-28(23)39-17-5-18-42-31(39)38-37-20-22-9-15-27-24(19-22)10-16-29-30(27)36-21-40(29)25-11-13-26(14-12-25)41-32(33,34)35/h3-4,7-16,19-21H,2,5-6,17-18H2,1H3. The molecule has 6 nitrogen and oxygen atoms in total. The zero-order chi connectivity index (χ0) is 29.1. The Balaban J connectivity index is 1.24. The lowest BCUT2D eigenvalue weighted by Crippen LogP contribution is -2.34. The minimum atomic E-state index is -4.73. The van der Waals surface area contributed by atoms with Crippen molar-refractivity contribution in [3.8, 4) is 11.4 Å². The zero-order valence-electron chi connectivity index (χ0n) is 22.9. The molecule has 0 saturated carbocycles. The SMILES string of the molecule is CCCc1ccccc1N1CCCSC1=NN=Cc1ccc2c(ccc3c2ncn3-c2ccc(OC(F)(F)F)cc2)c1. The van der Waals surface area contributed by atoms with Crippen molar-refractivity contribution in [1.29, 1.82) is 0 Å². The number of rotatable bonds is 7. The number of aromatic nitrogens is 2. The molecule has 5 aromatic rings. The first-order valence-electron chi connectivity index (χ1n) is 13.7. The summed E-state index contributed by atoms with van der Waals surface area (Å²) in [5, 5.41) is 12.0. The lowest BCUT2D eigenvalue weighted by Gasteiger charge is -2.30. The number of nitrogens with zero attached hydrogens (tertiary/aromatic N) is 5. The molecule has 214 valence electrons. The molecule has 6 rings (SSSR count). The van der Waals surface area contributed by atoms with E-state index in [-0.39, 0.29) is 5.75 Å². The van der Waals surface area contributed by atoms with E-state index in [0.717, 1.165) is 64.1 Å². The summed E-state index contributed by atoms with van der Waals surface area (Å²) >= 11 is 1.73. The Labute approximate surface area is 245 Å². The van der Waals surface area contributed by atoms with Crippen LogP contribution >= 0.6 is 11.8 Å². The predicted molar refractivity (Wildman–Crippen MR) is 165 cm³/mol. The van der Waals surface area contributed by atoms with E-state index < -0.39 is 6.36 Å². The number of hydrogen-bond donors (Lipinski definition) is 0. The third-order valence-corrected chi connectivity index (χ3v) is 8.10. The fourth-order valence-electron chi connectivity index (χ4n) is 5.19. The van der Waals surface area contributed by atoms with E-state index in [4.69, 9.17) is 0 Å². The predicted octanol–water partition coefficient (Wildman–Crippen LogP) is 8.36. The first-order valence-corrected chi connectivity index (χ1v) is 14.7. The Kier molecular flexibility index (Phi) is 7.88. The molecule has 0 atom stereocenters. The Morgan fingerprint density at radius 1 is 1.02 bits per heavy atom. The number of ether oxygens (including phenoxy) is 1. The molecule has 1 aliphatic rings. The van der Waals surface area contributed by atoms with Crippen molar-refractivity contribution < 1.29 is 17.9 Å². The maximum Gasteiger partial charge on any atom is 0.573 e. The average molecular weight is 588 g/mol. The van der Waals surface area contributed by atoms with E-state index >= 15 is 0 Å². The largest absolute Gasteiger partial charge is 0.573 e. The van der Waals surface area contributed by atoms with E-state index in [9.17, 15) is 13.2 Å². The van der Waals surface area contributed by atoms with Crippen LogP contribution in [-0.4, -0.2) is 39.6 Å². The number of halogens is 3. The number of imidazole rings is 1. The van der Waals surface area contributed by atoms with Gasteiger partial charge >= 0.3 is 6.36 Å². The lowest BCUT2D eigenvalue weighted by atomic mass is 10.1. The van der Waals surface area contributed by atoms with Crippen molar-refractivity contribution in [3.63, 3.8) is 0 Å². The Morgan fingerprint density at radius 2 is 1.86 bits per heavy atom. The van der Waals surface area contributed by atoms with Crippen molar-refractivity contribution in [1.82, 2.24) is 9.55 Å². The van der Waals surface area contributed by atoms with Gasteiger partial charge in [0.05, 0.1) is 17.2 Å². The van der Waals surface area contributed by atoms with Crippen LogP contribution in [0.1, 0.15) is 30.9 Å². The lowest BCUT2D eigenvalue weighted by molar-refractivity contribution is -0.274. The van der Waals surface area contributed by atoms with Crippen LogP contribution in [0.2, 0.25) is 0 Å². The summed E-state index contributed by atoms with van der Waals surface area (Å²) in [6, 6.07) is 24.2.